The van der Waals surface area contributed by atoms with Crippen LogP contribution in [0, 0.1) is 13.7 Å². The maximum Gasteiger partial charge on any atom is 0.332 e. The number of nitrogens with one attached hydrogen (secondary N) is 1. The second kappa shape index (κ2) is 5.61. The summed E-state index contributed by atoms with van der Waals surface area (Å²) < 4.78 is 0.567. The van der Waals surface area contributed by atoms with Crippen molar-refractivity contribution in [1.29, 1.82) is 0 Å². The molecule has 0 aromatic heterocycles. The van der Waals surface area contributed by atoms with E-state index in [0.717, 1.165) is 0 Å². The zero-order valence-corrected chi connectivity index (χ0v) is 10.0. The highest BCUT2D eigenvalue weighted by Crippen LogP contribution is 2.23. The van der Waals surface area contributed by atoms with Crippen LogP contribution in [0.2, 0.25) is 0 Å². The number of nitrogens with zero attached hydrogens (tertiary/aromatic N) is 1. The molecule has 0 aliphatic heterocycles. The number of aliphatic carboxylic acids is 1. The molecule has 0 amide bonds. The Balaban J connectivity index is 2.68. The van der Waals surface area contributed by atoms with Crippen molar-refractivity contribution in [3.8, 4) is 0 Å². The van der Waals surface area contributed by atoms with Crippen LogP contribution >= 0.6 is 22.6 Å². The van der Waals surface area contributed by atoms with Crippen molar-refractivity contribution in [2.45, 2.75) is 0 Å². The monoisotopic (exact) mass is 338 g/mol. The summed E-state index contributed by atoms with van der Waals surface area (Å²) in [5.41, 5.74) is 2.84. The number of nitro benzene ring substituents is 1. The Morgan fingerprint density at radius 3 is 2.81 bits per heavy atom. The van der Waals surface area contributed by atoms with Gasteiger partial charge in [0.05, 0.1) is 10.6 Å². The number of anilines is 1. The minimum Gasteiger partial charge on any atom is -0.479 e. The Kier molecular flexibility index (Phi) is 4.43. The molecule has 16 heavy (non-hydrogen) atoms. The lowest BCUT2D eigenvalue weighted by atomic mass is 10.3. The molecule has 1 aromatic carbocycles. The molecule has 0 spiro atoms. The predicted molar refractivity (Wildman–Crippen MR) is 63.0 cm³/mol. The molecule has 0 atom stereocenters. The van der Waals surface area contributed by atoms with E-state index in [9.17, 15) is 14.9 Å². The Hall–Kier alpha value is -1.42. The molecule has 0 aliphatic carbocycles. The van der Waals surface area contributed by atoms with Crippen molar-refractivity contribution >= 4 is 39.9 Å². The van der Waals surface area contributed by atoms with Gasteiger partial charge in [-0.3, -0.25) is 20.4 Å². The van der Waals surface area contributed by atoms with Gasteiger partial charge >= 0.3 is 5.97 Å². The molecule has 1 rings (SSSR count). The lowest BCUT2D eigenvalue weighted by molar-refractivity contribution is -0.384. The number of carbonyl (C=O) groups is 1. The number of nitro groups is 1. The van der Waals surface area contributed by atoms with Gasteiger partial charge in [0.2, 0.25) is 0 Å². The fourth-order valence-electron chi connectivity index (χ4n) is 0.876. The third-order valence-corrected chi connectivity index (χ3v) is 2.43. The van der Waals surface area contributed by atoms with Crippen LogP contribution in [0.15, 0.2) is 18.2 Å². The first-order chi connectivity index (χ1) is 7.50. The van der Waals surface area contributed by atoms with Crippen LogP contribution < -0.4 is 5.48 Å². The SMILES string of the molecule is O=C(O)CONc1ccc([N+](=O)[O-])cc1I. The van der Waals surface area contributed by atoms with Crippen LogP contribution in [0.3, 0.4) is 0 Å². The minimum absolute atomic E-state index is 0.0341. The number of halogens is 1. The fourth-order valence-corrected chi connectivity index (χ4v) is 1.48. The van der Waals surface area contributed by atoms with Crippen molar-refractivity contribution in [3.63, 3.8) is 0 Å². The molecule has 2 N–H and O–H groups in total. The number of rotatable bonds is 5. The minimum atomic E-state index is -1.11. The second-order valence-corrected chi connectivity index (χ2v) is 3.87. The number of carboxylic acid groups (broad SMARTS) is 1. The molecule has 0 saturated carbocycles. The zero-order chi connectivity index (χ0) is 12.1. The van der Waals surface area contributed by atoms with Crippen molar-refractivity contribution < 1.29 is 19.7 Å². The van der Waals surface area contributed by atoms with E-state index >= 15 is 0 Å². The molecule has 1 aromatic rings. The lowest BCUT2D eigenvalue weighted by Gasteiger charge is -2.06. The number of carboxylic acids is 1. The van der Waals surface area contributed by atoms with E-state index < -0.39 is 17.5 Å². The molecule has 0 heterocycles. The van der Waals surface area contributed by atoms with Gasteiger partial charge in [-0.05, 0) is 28.7 Å². The van der Waals surface area contributed by atoms with Crippen LogP contribution in [0.25, 0.3) is 0 Å². The number of hydrogen-bond donors (Lipinski definition) is 2. The van der Waals surface area contributed by atoms with Crippen molar-refractivity contribution in [3.05, 3.63) is 31.9 Å². The van der Waals surface area contributed by atoms with Gasteiger partial charge in [-0.25, -0.2) is 4.79 Å². The van der Waals surface area contributed by atoms with E-state index in [1.807, 2.05) is 22.6 Å². The zero-order valence-electron chi connectivity index (χ0n) is 7.84. The maximum absolute atomic E-state index is 10.4. The van der Waals surface area contributed by atoms with Crippen LogP contribution in [0.1, 0.15) is 0 Å². The summed E-state index contributed by atoms with van der Waals surface area (Å²) in [6.45, 7) is -0.493. The van der Waals surface area contributed by atoms with Crippen molar-refractivity contribution in [2.75, 3.05) is 12.1 Å². The van der Waals surface area contributed by atoms with Crippen LogP contribution in [-0.4, -0.2) is 22.6 Å². The molecule has 0 radical (unpaired) electrons. The average molecular weight is 338 g/mol. The lowest BCUT2D eigenvalue weighted by Crippen LogP contribution is -2.11. The highest BCUT2D eigenvalue weighted by atomic mass is 127. The Morgan fingerprint density at radius 1 is 1.62 bits per heavy atom. The standard InChI is InChI=1S/C8H7IN2O5/c9-6-3-5(11(14)15)1-2-7(6)10-16-4-8(12)13/h1-3,10H,4H2,(H,12,13). The first-order valence-corrected chi connectivity index (χ1v) is 5.12. The second-order valence-electron chi connectivity index (χ2n) is 2.71. The smallest absolute Gasteiger partial charge is 0.332 e. The van der Waals surface area contributed by atoms with E-state index in [1.54, 1.807) is 0 Å². The summed E-state index contributed by atoms with van der Waals surface area (Å²) in [5.74, 6) is -1.11. The normalized spacial score (nSPS) is 9.81. The number of non-ortho nitro benzene ring substituents is 1. The molecule has 7 nitrogen and oxygen atoms in total. The first-order valence-electron chi connectivity index (χ1n) is 4.04. The predicted octanol–water partition coefficient (Wildman–Crippen LogP) is 1.63. The maximum atomic E-state index is 10.4. The van der Waals surface area contributed by atoms with Gasteiger partial charge in [-0.15, -0.1) is 0 Å². The fraction of sp³-hybridized carbons (Fsp3) is 0.125. The summed E-state index contributed by atoms with van der Waals surface area (Å²) in [7, 11) is 0. The summed E-state index contributed by atoms with van der Waals surface area (Å²) in [4.78, 5) is 24.7. The van der Waals surface area contributed by atoms with Gasteiger partial charge in [0, 0.05) is 15.7 Å². The largest absolute Gasteiger partial charge is 0.479 e. The van der Waals surface area contributed by atoms with Gasteiger partial charge in [-0.2, -0.15) is 0 Å². The van der Waals surface area contributed by atoms with E-state index in [1.165, 1.54) is 18.2 Å². The highest BCUT2D eigenvalue weighted by Gasteiger charge is 2.09. The van der Waals surface area contributed by atoms with E-state index in [2.05, 4.69) is 10.3 Å². The highest BCUT2D eigenvalue weighted by molar-refractivity contribution is 14.1. The molecule has 0 saturated heterocycles. The number of hydrogen-bond acceptors (Lipinski definition) is 5. The van der Waals surface area contributed by atoms with Crippen molar-refractivity contribution in [2.24, 2.45) is 0 Å². The summed E-state index contributed by atoms with van der Waals surface area (Å²) in [6.07, 6.45) is 0. The summed E-state index contributed by atoms with van der Waals surface area (Å²) in [5, 5.41) is 18.8. The van der Waals surface area contributed by atoms with E-state index in [4.69, 9.17) is 5.11 Å². The third-order valence-electron chi connectivity index (χ3n) is 1.54. The summed E-state index contributed by atoms with van der Waals surface area (Å²) in [6, 6.07) is 4.10. The van der Waals surface area contributed by atoms with Crippen LogP contribution in [0.4, 0.5) is 11.4 Å². The molecule has 8 heteroatoms. The van der Waals surface area contributed by atoms with Gasteiger partial charge in [0.15, 0.2) is 6.61 Å². The molecular formula is C8H7IN2O5. The Morgan fingerprint density at radius 2 is 2.31 bits per heavy atom. The van der Waals surface area contributed by atoms with Gasteiger partial charge in [-0.1, -0.05) is 0 Å². The molecular weight excluding hydrogens is 331 g/mol. The van der Waals surface area contributed by atoms with Crippen molar-refractivity contribution in [1.82, 2.24) is 0 Å². The van der Waals surface area contributed by atoms with Crippen LogP contribution in [-0.2, 0) is 9.63 Å². The average Bonchev–Trinajstić information content (AvgIpc) is 2.19. The third kappa shape index (κ3) is 3.62. The first kappa shape index (κ1) is 12.6. The molecule has 0 bridgehead atoms. The molecule has 0 fully saturated rings. The Bertz CT molecular complexity index is 423. The van der Waals surface area contributed by atoms with E-state index in [0.29, 0.717) is 9.26 Å². The quantitative estimate of drug-likeness (QED) is 0.481. The number of benzene rings is 1. The van der Waals surface area contributed by atoms with Crippen LogP contribution in [0.5, 0.6) is 0 Å². The van der Waals surface area contributed by atoms with E-state index in [-0.39, 0.29) is 5.69 Å². The molecule has 0 unspecified atom stereocenters. The van der Waals surface area contributed by atoms with Gasteiger partial charge < -0.3 is 5.11 Å². The summed E-state index contributed by atoms with van der Waals surface area (Å²) >= 11 is 1.88. The van der Waals surface area contributed by atoms with Gasteiger partial charge in [0.25, 0.3) is 5.69 Å². The molecule has 0 aliphatic rings. The Labute approximate surface area is 104 Å². The topological polar surface area (TPSA) is 102 Å². The van der Waals surface area contributed by atoms with Gasteiger partial charge in [0.1, 0.15) is 0 Å². The molecule has 86 valence electrons.